The Balaban J connectivity index is 1.83. The molecule has 7 heteroatoms. The molecule has 0 radical (unpaired) electrons. The van der Waals surface area contributed by atoms with E-state index in [9.17, 15) is 13.2 Å². The Bertz CT molecular complexity index is 1190. The van der Waals surface area contributed by atoms with Gasteiger partial charge in [-0.05, 0) is 67.8 Å². The second kappa shape index (κ2) is 9.87. The number of methoxy groups -OCH3 is 1. The van der Waals surface area contributed by atoms with E-state index in [1.165, 1.54) is 6.07 Å². The molecule has 32 heavy (non-hydrogen) atoms. The lowest BCUT2D eigenvalue weighted by molar-refractivity contribution is 0.0935. The van der Waals surface area contributed by atoms with Gasteiger partial charge in [0, 0.05) is 11.3 Å². The van der Waals surface area contributed by atoms with Gasteiger partial charge < -0.3 is 10.1 Å². The molecule has 1 amide bonds. The summed E-state index contributed by atoms with van der Waals surface area (Å²) in [5.41, 5.74) is 3.29. The van der Waals surface area contributed by atoms with Gasteiger partial charge in [-0.1, -0.05) is 42.8 Å². The van der Waals surface area contributed by atoms with E-state index in [0.717, 1.165) is 16.9 Å². The molecule has 3 aromatic rings. The molecule has 0 saturated heterocycles. The molecule has 0 unspecified atom stereocenters. The third-order valence-electron chi connectivity index (χ3n) is 5.28. The van der Waals surface area contributed by atoms with Crippen LogP contribution in [0.4, 0.5) is 5.69 Å². The summed E-state index contributed by atoms with van der Waals surface area (Å²) in [6, 6.07) is 19.1. The summed E-state index contributed by atoms with van der Waals surface area (Å²) < 4.78 is 33.7. The minimum Gasteiger partial charge on any atom is -0.497 e. The molecule has 0 spiro atoms. The number of hydrogen-bond acceptors (Lipinski definition) is 4. The van der Waals surface area contributed by atoms with Gasteiger partial charge in [-0.25, -0.2) is 8.42 Å². The number of aryl methyl sites for hydroxylation is 2. The standard InChI is InChI=1S/C25H28N2O4S/c1-5-23(19-10-14-22(31-4)15-11-19)26-25(28)20-9-8-18(3)24(16-20)32(29,30)27-21-12-6-17(2)7-13-21/h6-16,23,27H,5H2,1-4H3,(H,26,28)/t23-/m1/s1. The van der Waals surface area contributed by atoms with Crippen molar-refractivity contribution in [1.29, 1.82) is 0 Å². The van der Waals surface area contributed by atoms with Crippen LogP contribution in [-0.2, 0) is 10.0 Å². The van der Waals surface area contributed by atoms with Gasteiger partial charge in [0.25, 0.3) is 15.9 Å². The Kier molecular flexibility index (Phi) is 7.20. The van der Waals surface area contributed by atoms with Gasteiger partial charge >= 0.3 is 0 Å². The number of amides is 1. The van der Waals surface area contributed by atoms with Crippen LogP contribution in [0.1, 0.15) is 46.4 Å². The number of rotatable bonds is 8. The van der Waals surface area contributed by atoms with E-state index in [2.05, 4.69) is 10.0 Å². The predicted octanol–water partition coefficient (Wildman–Crippen LogP) is 4.99. The van der Waals surface area contributed by atoms with Crippen molar-refractivity contribution in [2.45, 2.75) is 38.1 Å². The third kappa shape index (κ3) is 5.48. The molecule has 0 aliphatic carbocycles. The SMILES string of the molecule is CC[C@@H](NC(=O)c1ccc(C)c(S(=O)(=O)Nc2ccc(C)cc2)c1)c1ccc(OC)cc1. The summed E-state index contributed by atoms with van der Waals surface area (Å²) >= 11 is 0. The summed E-state index contributed by atoms with van der Waals surface area (Å²) in [5, 5.41) is 3.00. The van der Waals surface area contributed by atoms with Crippen LogP contribution in [0, 0.1) is 13.8 Å². The fourth-order valence-electron chi connectivity index (χ4n) is 3.36. The predicted molar refractivity (Wildman–Crippen MR) is 127 cm³/mol. The summed E-state index contributed by atoms with van der Waals surface area (Å²) in [7, 11) is -2.25. The number of hydrogen-bond donors (Lipinski definition) is 2. The lowest BCUT2D eigenvalue weighted by Gasteiger charge is -2.18. The number of sulfonamides is 1. The van der Waals surface area contributed by atoms with Crippen LogP contribution in [0.25, 0.3) is 0 Å². The van der Waals surface area contributed by atoms with Crippen molar-refractivity contribution in [1.82, 2.24) is 5.32 Å². The van der Waals surface area contributed by atoms with Crippen LogP contribution >= 0.6 is 0 Å². The molecule has 168 valence electrons. The molecule has 0 bridgehead atoms. The van der Waals surface area contributed by atoms with Gasteiger partial charge in [0.05, 0.1) is 18.0 Å². The number of nitrogens with one attached hydrogen (secondary N) is 2. The van der Waals surface area contributed by atoms with E-state index >= 15 is 0 Å². The second-order valence-corrected chi connectivity index (χ2v) is 9.31. The van der Waals surface area contributed by atoms with E-state index in [4.69, 9.17) is 4.74 Å². The fraction of sp³-hybridized carbons (Fsp3) is 0.240. The summed E-state index contributed by atoms with van der Waals surface area (Å²) in [6.45, 7) is 5.61. The van der Waals surface area contributed by atoms with Gasteiger partial charge in [-0.2, -0.15) is 0 Å². The van der Waals surface area contributed by atoms with Gasteiger partial charge in [-0.3, -0.25) is 9.52 Å². The maximum atomic E-state index is 13.0. The highest BCUT2D eigenvalue weighted by molar-refractivity contribution is 7.92. The highest BCUT2D eigenvalue weighted by Gasteiger charge is 2.21. The molecule has 2 N–H and O–H groups in total. The maximum absolute atomic E-state index is 13.0. The van der Waals surface area contributed by atoms with E-state index in [1.54, 1.807) is 38.3 Å². The lowest BCUT2D eigenvalue weighted by Crippen LogP contribution is -2.28. The van der Waals surface area contributed by atoms with Crippen LogP contribution in [0.2, 0.25) is 0 Å². The van der Waals surface area contributed by atoms with Crippen molar-refractivity contribution in [2.75, 3.05) is 11.8 Å². The Morgan fingerprint density at radius 2 is 1.62 bits per heavy atom. The first-order valence-electron chi connectivity index (χ1n) is 10.4. The van der Waals surface area contributed by atoms with Crippen molar-refractivity contribution in [3.63, 3.8) is 0 Å². The van der Waals surface area contributed by atoms with Crippen LogP contribution in [0.5, 0.6) is 5.75 Å². The monoisotopic (exact) mass is 452 g/mol. The first kappa shape index (κ1) is 23.3. The molecular weight excluding hydrogens is 424 g/mol. The van der Waals surface area contributed by atoms with Crippen molar-refractivity contribution < 1.29 is 17.9 Å². The maximum Gasteiger partial charge on any atom is 0.262 e. The van der Waals surface area contributed by atoms with Crippen molar-refractivity contribution in [3.05, 3.63) is 89.0 Å². The molecule has 3 rings (SSSR count). The molecule has 3 aromatic carbocycles. The summed E-state index contributed by atoms with van der Waals surface area (Å²) in [5.74, 6) is 0.406. The minimum absolute atomic E-state index is 0.0724. The third-order valence-corrected chi connectivity index (χ3v) is 6.80. The summed E-state index contributed by atoms with van der Waals surface area (Å²) in [4.78, 5) is 13.0. The topological polar surface area (TPSA) is 84.5 Å². The van der Waals surface area contributed by atoms with Gasteiger partial charge in [0.15, 0.2) is 0 Å². The first-order chi connectivity index (χ1) is 15.2. The van der Waals surface area contributed by atoms with Crippen LogP contribution in [-0.4, -0.2) is 21.4 Å². The van der Waals surface area contributed by atoms with Crippen LogP contribution < -0.4 is 14.8 Å². The fourth-order valence-corrected chi connectivity index (χ4v) is 4.69. The number of benzene rings is 3. The van der Waals surface area contributed by atoms with Crippen molar-refractivity contribution in [3.8, 4) is 5.75 Å². The Labute approximate surface area is 189 Å². The van der Waals surface area contributed by atoms with Gasteiger partial charge in [0.2, 0.25) is 0 Å². The Morgan fingerprint density at radius 3 is 2.22 bits per heavy atom. The molecule has 0 aromatic heterocycles. The van der Waals surface area contributed by atoms with E-state index < -0.39 is 10.0 Å². The molecule has 0 aliphatic rings. The molecule has 6 nitrogen and oxygen atoms in total. The van der Waals surface area contributed by atoms with Crippen LogP contribution in [0.3, 0.4) is 0 Å². The largest absolute Gasteiger partial charge is 0.497 e. The van der Waals surface area contributed by atoms with Crippen molar-refractivity contribution in [2.24, 2.45) is 0 Å². The van der Waals surface area contributed by atoms with Gasteiger partial charge in [-0.15, -0.1) is 0 Å². The molecule has 0 heterocycles. The average Bonchev–Trinajstić information content (AvgIpc) is 2.79. The molecular formula is C25H28N2O4S. The zero-order valence-corrected chi connectivity index (χ0v) is 19.5. The zero-order valence-electron chi connectivity index (χ0n) is 18.7. The lowest BCUT2D eigenvalue weighted by atomic mass is 10.0. The van der Waals surface area contributed by atoms with E-state index in [-0.39, 0.29) is 22.4 Å². The van der Waals surface area contributed by atoms with Crippen LogP contribution in [0.15, 0.2) is 71.6 Å². The van der Waals surface area contributed by atoms with E-state index in [1.807, 2.05) is 50.2 Å². The van der Waals surface area contributed by atoms with Gasteiger partial charge in [0.1, 0.15) is 5.75 Å². The summed E-state index contributed by atoms with van der Waals surface area (Å²) in [6.07, 6.45) is 0.685. The normalized spacial score (nSPS) is 12.1. The highest BCUT2D eigenvalue weighted by atomic mass is 32.2. The number of ether oxygens (including phenoxy) is 1. The quantitative estimate of drug-likeness (QED) is 0.504. The average molecular weight is 453 g/mol. The molecule has 0 saturated carbocycles. The molecule has 0 aliphatic heterocycles. The Hall–Kier alpha value is -3.32. The first-order valence-corrected chi connectivity index (χ1v) is 11.9. The Morgan fingerprint density at radius 1 is 0.969 bits per heavy atom. The minimum atomic E-state index is -3.85. The highest BCUT2D eigenvalue weighted by Crippen LogP contribution is 2.23. The smallest absolute Gasteiger partial charge is 0.262 e. The molecule has 0 fully saturated rings. The molecule has 1 atom stereocenters. The number of carbonyl (C=O) groups excluding carboxylic acids is 1. The van der Waals surface area contributed by atoms with E-state index in [0.29, 0.717) is 17.7 Å². The number of carbonyl (C=O) groups is 1. The number of anilines is 1. The second-order valence-electron chi connectivity index (χ2n) is 7.66. The van der Waals surface area contributed by atoms with Crippen molar-refractivity contribution >= 4 is 21.6 Å². The zero-order chi connectivity index (χ0) is 23.3.